The molecule has 0 radical (unpaired) electrons. The van der Waals surface area contributed by atoms with Gasteiger partial charge in [-0.1, -0.05) is 59.6 Å². The Morgan fingerprint density at radius 3 is 2.29 bits per heavy atom. The van der Waals surface area contributed by atoms with Gasteiger partial charge in [-0.3, -0.25) is 4.79 Å². The van der Waals surface area contributed by atoms with Crippen molar-refractivity contribution in [1.29, 1.82) is 5.26 Å². The van der Waals surface area contributed by atoms with Crippen LogP contribution in [0.3, 0.4) is 0 Å². The summed E-state index contributed by atoms with van der Waals surface area (Å²) in [7, 11) is 0. The van der Waals surface area contributed by atoms with Crippen molar-refractivity contribution in [2.45, 2.75) is 26.1 Å². The standard InChI is InChI=1S/C28H25Cl2N3O2/c1-18-15-33(16-19(2)35-18)27-11-10-22(12-25(27)29)24-5-3-4-23(28(24)26(30)14-32-17-34)21-8-6-20(13-31)7-9-21/h3-12,14,17-19H,15-16H2,1-2H3,(H,32,34)/b26-14+. The summed E-state index contributed by atoms with van der Waals surface area (Å²) in [6, 6.07) is 21.3. The summed E-state index contributed by atoms with van der Waals surface area (Å²) in [4.78, 5) is 13.2. The minimum absolute atomic E-state index is 0.125. The van der Waals surface area contributed by atoms with Crippen molar-refractivity contribution in [2.24, 2.45) is 0 Å². The van der Waals surface area contributed by atoms with E-state index in [0.29, 0.717) is 22.0 Å². The van der Waals surface area contributed by atoms with E-state index in [9.17, 15) is 4.79 Å². The number of nitrogens with zero attached hydrogens (tertiary/aromatic N) is 2. The molecule has 0 aliphatic carbocycles. The van der Waals surface area contributed by atoms with E-state index >= 15 is 0 Å². The number of carbonyl (C=O) groups is 1. The second-order valence-electron chi connectivity index (χ2n) is 8.52. The second-order valence-corrected chi connectivity index (χ2v) is 9.34. The number of nitrogens with one attached hydrogen (secondary N) is 1. The van der Waals surface area contributed by atoms with Crippen molar-refractivity contribution in [1.82, 2.24) is 5.32 Å². The monoisotopic (exact) mass is 505 g/mol. The molecule has 0 saturated carbocycles. The van der Waals surface area contributed by atoms with Crippen molar-refractivity contribution >= 4 is 40.3 Å². The van der Waals surface area contributed by atoms with Crippen LogP contribution in [0.2, 0.25) is 5.02 Å². The highest BCUT2D eigenvalue weighted by Crippen LogP contribution is 2.41. The predicted octanol–water partition coefficient (Wildman–Crippen LogP) is 6.44. The molecule has 1 saturated heterocycles. The third kappa shape index (κ3) is 5.52. The van der Waals surface area contributed by atoms with E-state index in [-0.39, 0.29) is 12.2 Å². The van der Waals surface area contributed by atoms with Gasteiger partial charge in [-0.2, -0.15) is 5.26 Å². The van der Waals surface area contributed by atoms with E-state index in [1.54, 1.807) is 12.1 Å². The zero-order valence-corrected chi connectivity index (χ0v) is 21.0. The predicted molar refractivity (Wildman–Crippen MR) is 142 cm³/mol. The Kier molecular flexibility index (Phi) is 7.77. The zero-order valence-electron chi connectivity index (χ0n) is 19.5. The SMILES string of the molecule is CC1CN(c2ccc(-c3cccc(-c4ccc(C#N)cc4)c3/C(Cl)=C\NC=O)cc2Cl)CC(C)O1. The molecule has 7 heteroatoms. The van der Waals surface area contributed by atoms with E-state index in [2.05, 4.69) is 30.1 Å². The van der Waals surface area contributed by atoms with Crippen LogP contribution in [0.1, 0.15) is 25.0 Å². The Balaban J connectivity index is 1.81. The number of hydrogen-bond donors (Lipinski definition) is 1. The minimum atomic E-state index is 0.125. The van der Waals surface area contributed by atoms with E-state index < -0.39 is 0 Å². The molecule has 0 bridgehead atoms. The van der Waals surface area contributed by atoms with Crippen molar-refractivity contribution in [3.8, 4) is 28.3 Å². The maximum absolute atomic E-state index is 10.9. The average molecular weight is 506 g/mol. The summed E-state index contributed by atoms with van der Waals surface area (Å²) in [5.41, 5.74) is 5.84. The first kappa shape index (κ1) is 24.8. The number of rotatable bonds is 6. The van der Waals surface area contributed by atoms with Gasteiger partial charge in [0.2, 0.25) is 6.41 Å². The molecule has 2 unspecified atom stereocenters. The van der Waals surface area contributed by atoms with Crippen LogP contribution in [-0.4, -0.2) is 31.7 Å². The maximum Gasteiger partial charge on any atom is 0.211 e. The van der Waals surface area contributed by atoms with Crippen LogP contribution in [0, 0.1) is 11.3 Å². The Bertz CT molecular complexity index is 1290. The molecule has 1 heterocycles. The van der Waals surface area contributed by atoms with Crippen molar-refractivity contribution in [2.75, 3.05) is 18.0 Å². The van der Waals surface area contributed by atoms with Gasteiger partial charge in [0, 0.05) is 24.9 Å². The summed E-state index contributed by atoms with van der Waals surface area (Å²) in [6.45, 7) is 5.67. The van der Waals surface area contributed by atoms with Crippen LogP contribution in [0.25, 0.3) is 27.3 Å². The quantitative estimate of drug-likeness (QED) is 0.391. The molecule has 0 aromatic heterocycles. The largest absolute Gasteiger partial charge is 0.372 e. The first-order valence-corrected chi connectivity index (χ1v) is 12.1. The number of halogens is 2. The Labute approximate surface area is 215 Å². The fourth-order valence-corrected chi connectivity index (χ4v) is 5.07. The summed E-state index contributed by atoms with van der Waals surface area (Å²) in [5, 5.41) is 12.7. The molecule has 3 aromatic carbocycles. The molecule has 1 amide bonds. The van der Waals surface area contributed by atoms with Crippen LogP contribution in [0.4, 0.5) is 5.69 Å². The van der Waals surface area contributed by atoms with E-state index in [4.69, 9.17) is 33.2 Å². The molecule has 3 aromatic rings. The van der Waals surface area contributed by atoms with Crippen molar-refractivity contribution in [3.05, 3.63) is 83.0 Å². The molecule has 1 aliphatic rings. The van der Waals surface area contributed by atoms with Crippen LogP contribution in [-0.2, 0) is 9.53 Å². The number of ether oxygens (including phenoxy) is 1. The zero-order chi connectivity index (χ0) is 24.9. The van der Waals surface area contributed by atoms with Gasteiger partial charge in [0.15, 0.2) is 0 Å². The van der Waals surface area contributed by atoms with Gasteiger partial charge in [0.05, 0.1) is 39.6 Å². The minimum Gasteiger partial charge on any atom is -0.372 e. The Morgan fingerprint density at radius 2 is 1.69 bits per heavy atom. The molecule has 178 valence electrons. The number of nitriles is 1. The van der Waals surface area contributed by atoms with Crippen LogP contribution >= 0.6 is 23.2 Å². The fraction of sp³-hybridized carbons (Fsp3) is 0.214. The van der Waals surface area contributed by atoms with E-state index in [0.717, 1.165) is 46.6 Å². The summed E-state index contributed by atoms with van der Waals surface area (Å²) >= 11 is 13.5. The van der Waals surface area contributed by atoms with Gasteiger partial charge < -0.3 is 15.0 Å². The van der Waals surface area contributed by atoms with Gasteiger partial charge in [-0.25, -0.2) is 0 Å². The molecular formula is C28H25Cl2N3O2. The molecule has 0 spiro atoms. The first-order chi connectivity index (χ1) is 16.9. The molecular weight excluding hydrogens is 481 g/mol. The lowest BCUT2D eigenvalue weighted by atomic mass is 9.91. The highest BCUT2D eigenvalue weighted by atomic mass is 35.5. The van der Waals surface area contributed by atoms with Gasteiger partial charge >= 0.3 is 0 Å². The normalized spacial score (nSPS) is 18.1. The molecule has 5 nitrogen and oxygen atoms in total. The number of morpholine rings is 1. The Hall–Kier alpha value is -3.30. The number of amides is 1. The summed E-state index contributed by atoms with van der Waals surface area (Å²) < 4.78 is 5.86. The van der Waals surface area contributed by atoms with Crippen LogP contribution in [0.5, 0.6) is 0 Å². The third-order valence-electron chi connectivity index (χ3n) is 5.93. The highest BCUT2D eigenvalue weighted by Gasteiger charge is 2.24. The number of carbonyl (C=O) groups excluding carboxylic acids is 1. The Morgan fingerprint density at radius 1 is 1.06 bits per heavy atom. The van der Waals surface area contributed by atoms with Crippen molar-refractivity contribution in [3.63, 3.8) is 0 Å². The summed E-state index contributed by atoms with van der Waals surface area (Å²) in [6.07, 6.45) is 2.29. The lowest BCUT2D eigenvalue weighted by Crippen LogP contribution is -2.45. The fourth-order valence-electron chi connectivity index (χ4n) is 4.50. The number of hydrogen-bond acceptors (Lipinski definition) is 4. The molecule has 2 atom stereocenters. The van der Waals surface area contributed by atoms with Gasteiger partial charge in [-0.05, 0) is 60.4 Å². The topological polar surface area (TPSA) is 65.4 Å². The molecule has 1 N–H and O–H groups in total. The first-order valence-electron chi connectivity index (χ1n) is 11.3. The second kappa shape index (κ2) is 11.0. The lowest BCUT2D eigenvalue weighted by molar-refractivity contribution is -0.108. The lowest BCUT2D eigenvalue weighted by Gasteiger charge is -2.37. The van der Waals surface area contributed by atoms with Gasteiger partial charge in [0.25, 0.3) is 0 Å². The average Bonchev–Trinajstić information content (AvgIpc) is 2.86. The molecule has 1 aliphatic heterocycles. The van der Waals surface area contributed by atoms with Crippen molar-refractivity contribution < 1.29 is 9.53 Å². The number of benzene rings is 3. The van der Waals surface area contributed by atoms with E-state index in [1.165, 1.54) is 6.20 Å². The summed E-state index contributed by atoms with van der Waals surface area (Å²) in [5.74, 6) is 0. The van der Waals surface area contributed by atoms with Crippen LogP contribution < -0.4 is 10.2 Å². The van der Waals surface area contributed by atoms with E-state index in [1.807, 2.05) is 48.5 Å². The third-order valence-corrected chi connectivity index (χ3v) is 6.53. The highest BCUT2D eigenvalue weighted by molar-refractivity contribution is 6.50. The molecule has 4 rings (SSSR count). The number of anilines is 1. The maximum atomic E-state index is 10.9. The molecule has 35 heavy (non-hydrogen) atoms. The van der Waals surface area contributed by atoms with Gasteiger partial charge in [-0.15, -0.1) is 0 Å². The van der Waals surface area contributed by atoms with Crippen LogP contribution in [0.15, 0.2) is 66.9 Å². The molecule has 1 fully saturated rings. The smallest absolute Gasteiger partial charge is 0.211 e. The van der Waals surface area contributed by atoms with Gasteiger partial charge in [0.1, 0.15) is 0 Å².